The third kappa shape index (κ3) is 5.87. The molecule has 40 heavy (non-hydrogen) atoms. The summed E-state index contributed by atoms with van der Waals surface area (Å²) in [4.78, 5) is 28.1. The summed E-state index contributed by atoms with van der Waals surface area (Å²) in [5.41, 5.74) is 6.88. The number of hydrogen-bond acceptors (Lipinski definition) is 4. The summed E-state index contributed by atoms with van der Waals surface area (Å²) in [6.07, 6.45) is 10.1. The normalized spacial score (nSPS) is 17.8. The maximum atomic E-state index is 13.5. The number of ketones is 1. The highest BCUT2D eigenvalue weighted by molar-refractivity contribution is 6.04. The summed E-state index contributed by atoms with van der Waals surface area (Å²) in [5.74, 6) is -0.588. The first-order chi connectivity index (χ1) is 19.4. The molecule has 0 bridgehead atoms. The number of benzene rings is 2. The molecule has 2 heterocycles. The van der Waals surface area contributed by atoms with Crippen molar-refractivity contribution in [2.24, 2.45) is 0 Å². The number of allylic oxidation sites excluding steroid dienone is 4. The van der Waals surface area contributed by atoms with Crippen LogP contribution in [-0.2, 0) is 24.3 Å². The van der Waals surface area contributed by atoms with Gasteiger partial charge in [0.1, 0.15) is 12.0 Å². The fraction of sp³-hybridized carbons (Fsp3) is 0.281. The largest absolute Gasteiger partial charge is 0.322 e. The first-order valence-electron chi connectivity index (χ1n) is 13.6. The van der Waals surface area contributed by atoms with Crippen LogP contribution in [0.1, 0.15) is 51.9 Å². The number of halogens is 2. The third-order valence-electron chi connectivity index (χ3n) is 7.71. The molecule has 1 N–H and O–H groups in total. The average Bonchev–Trinajstić information content (AvgIpc) is 3.59. The van der Waals surface area contributed by atoms with Gasteiger partial charge in [-0.1, -0.05) is 42.5 Å². The predicted octanol–water partition coefficient (Wildman–Crippen LogP) is 5.16. The molecule has 1 fully saturated rings. The zero-order chi connectivity index (χ0) is 27.6. The molecular weight excluding hydrogens is 510 g/mol. The Morgan fingerprint density at radius 1 is 1.02 bits per heavy atom. The number of rotatable bonds is 7. The second-order valence-electron chi connectivity index (χ2n) is 10.7. The Hall–Kier alpha value is -4.17. The van der Waals surface area contributed by atoms with Crippen molar-refractivity contribution < 1.29 is 18.4 Å². The standard InChI is InChI=1S/C32H30F2N4O2/c33-27-5-2-21(3-6-27)19-38-20-26(17-35-38)32(40)36-29-7-8-31(39)30(16-29)25-14-23-4-1-22(13-24(23)15-25)18-37-11-9-28(34)10-12-37/h1-7,13,15-17,20,28H,8-12,14,18-19H2,(H,36,40). The Kier molecular flexibility index (Phi) is 7.26. The number of nitrogens with one attached hydrogen (secondary N) is 1. The van der Waals surface area contributed by atoms with Crippen LogP contribution in [0.15, 0.2) is 83.9 Å². The molecule has 3 aliphatic rings. The molecule has 1 aliphatic heterocycles. The highest BCUT2D eigenvalue weighted by Crippen LogP contribution is 2.33. The van der Waals surface area contributed by atoms with Crippen molar-refractivity contribution in [3.63, 3.8) is 0 Å². The summed E-state index contributed by atoms with van der Waals surface area (Å²) in [6.45, 7) is 2.76. The van der Waals surface area contributed by atoms with Crippen molar-refractivity contribution in [2.75, 3.05) is 13.1 Å². The number of Topliss-reactive ketones (excluding diaryl/α,β-unsaturated/α-hetero) is 1. The SMILES string of the molecule is O=C1CC=C(NC(=O)c2cnn(Cc3ccc(F)cc3)c2)C=C1C1=Cc2cc(CN3CCC(F)CC3)ccc2C1. The zero-order valence-electron chi connectivity index (χ0n) is 22.1. The number of fused-ring (bicyclic) bond motifs is 1. The number of alkyl halides is 1. The van der Waals surface area contributed by atoms with Crippen LogP contribution in [0.4, 0.5) is 8.78 Å². The molecular formula is C32H30F2N4O2. The molecule has 3 aromatic rings. The molecule has 1 amide bonds. The average molecular weight is 541 g/mol. The van der Waals surface area contributed by atoms with Crippen molar-refractivity contribution >= 4 is 17.8 Å². The van der Waals surface area contributed by atoms with E-state index in [1.807, 2.05) is 0 Å². The zero-order valence-corrected chi connectivity index (χ0v) is 22.1. The van der Waals surface area contributed by atoms with Gasteiger partial charge in [0.05, 0.1) is 18.3 Å². The lowest BCUT2D eigenvalue weighted by Gasteiger charge is -2.28. The fourth-order valence-corrected chi connectivity index (χ4v) is 5.49. The molecule has 6 rings (SSSR count). The quantitative estimate of drug-likeness (QED) is 0.450. The number of carbonyl (C=O) groups is 2. The van der Waals surface area contributed by atoms with Crippen LogP contribution < -0.4 is 5.32 Å². The Balaban J connectivity index is 1.11. The van der Waals surface area contributed by atoms with Gasteiger partial charge < -0.3 is 5.32 Å². The molecule has 0 saturated carbocycles. The van der Waals surface area contributed by atoms with Gasteiger partial charge in [-0.25, -0.2) is 8.78 Å². The fourth-order valence-electron chi connectivity index (χ4n) is 5.49. The van der Waals surface area contributed by atoms with Gasteiger partial charge in [-0.2, -0.15) is 5.10 Å². The minimum Gasteiger partial charge on any atom is -0.322 e. The molecule has 1 saturated heterocycles. The van der Waals surface area contributed by atoms with E-state index in [4.69, 9.17) is 0 Å². The Labute approximate surface area is 231 Å². The molecule has 2 aliphatic carbocycles. The van der Waals surface area contributed by atoms with E-state index in [1.165, 1.54) is 29.5 Å². The Bertz CT molecular complexity index is 1540. The topological polar surface area (TPSA) is 67.2 Å². The van der Waals surface area contributed by atoms with Gasteiger partial charge in [0.2, 0.25) is 0 Å². The van der Waals surface area contributed by atoms with Gasteiger partial charge in [-0.3, -0.25) is 19.2 Å². The minimum atomic E-state index is -0.683. The lowest BCUT2D eigenvalue weighted by Crippen LogP contribution is -2.33. The van der Waals surface area contributed by atoms with Crippen molar-refractivity contribution in [1.82, 2.24) is 20.0 Å². The number of nitrogens with zero attached hydrogens (tertiary/aromatic N) is 3. The van der Waals surface area contributed by atoms with Gasteiger partial charge in [0.25, 0.3) is 5.91 Å². The van der Waals surface area contributed by atoms with Crippen LogP contribution >= 0.6 is 0 Å². The first kappa shape index (κ1) is 26.1. The van der Waals surface area contributed by atoms with Crippen LogP contribution in [0.2, 0.25) is 0 Å². The van der Waals surface area contributed by atoms with E-state index in [0.717, 1.165) is 36.3 Å². The number of amides is 1. The number of aromatic nitrogens is 2. The maximum Gasteiger partial charge on any atom is 0.258 e. The second-order valence-corrected chi connectivity index (χ2v) is 10.7. The van der Waals surface area contributed by atoms with E-state index >= 15 is 0 Å². The third-order valence-corrected chi connectivity index (χ3v) is 7.71. The molecule has 0 atom stereocenters. The van der Waals surface area contributed by atoms with Crippen molar-refractivity contribution in [3.05, 3.63) is 117 Å². The van der Waals surface area contributed by atoms with Crippen molar-refractivity contribution in [3.8, 4) is 0 Å². The van der Waals surface area contributed by atoms with E-state index in [9.17, 15) is 18.4 Å². The van der Waals surface area contributed by atoms with E-state index in [-0.39, 0.29) is 23.9 Å². The minimum absolute atomic E-state index is 0.0264. The van der Waals surface area contributed by atoms with Crippen LogP contribution in [0.25, 0.3) is 6.08 Å². The smallest absolute Gasteiger partial charge is 0.258 e. The number of carbonyl (C=O) groups excluding carboxylic acids is 2. The van der Waals surface area contributed by atoms with Crippen LogP contribution in [0.5, 0.6) is 0 Å². The van der Waals surface area contributed by atoms with E-state index in [0.29, 0.717) is 42.6 Å². The van der Waals surface area contributed by atoms with Gasteiger partial charge in [-0.15, -0.1) is 0 Å². The lowest BCUT2D eigenvalue weighted by molar-refractivity contribution is -0.114. The molecule has 2 aromatic carbocycles. The van der Waals surface area contributed by atoms with E-state index < -0.39 is 6.17 Å². The molecule has 0 radical (unpaired) electrons. The number of hydrogen-bond donors (Lipinski definition) is 1. The van der Waals surface area contributed by atoms with Gasteiger partial charge in [0, 0.05) is 43.5 Å². The Morgan fingerprint density at radius 3 is 2.60 bits per heavy atom. The van der Waals surface area contributed by atoms with Gasteiger partial charge in [-0.05, 0) is 65.3 Å². The van der Waals surface area contributed by atoms with Crippen LogP contribution in [-0.4, -0.2) is 45.6 Å². The molecule has 0 unspecified atom stereocenters. The molecule has 0 spiro atoms. The highest BCUT2D eigenvalue weighted by atomic mass is 19.1. The first-order valence-corrected chi connectivity index (χ1v) is 13.6. The number of piperidine rings is 1. The second kappa shape index (κ2) is 11.1. The molecule has 6 nitrogen and oxygen atoms in total. The predicted molar refractivity (Wildman–Crippen MR) is 149 cm³/mol. The molecule has 8 heteroatoms. The summed E-state index contributed by atoms with van der Waals surface area (Å²) < 4.78 is 28.3. The van der Waals surface area contributed by atoms with Crippen LogP contribution in [0, 0.1) is 5.82 Å². The molecule has 1 aromatic heterocycles. The van der Waals surface area contributed by atoms with E-state index in [1.54, 1.807) is 35.2 Å². The number of likely N-dealkylation sites (tertiary alicyclic amines) is 1. The summed E-state index contributed by atoms with van der Waals surface area (Å²) in [5, 5.41) is 7.16. The van der Waals surface area contributed by atoms with Crippen LogP contribution in [0.3, 0.4) is 0 Å². The monoisotopic (exact) mass is 540 g/mol. The lowest BCUT2D eigenvalue weighted by atomic mass is 9.93. The summed E-state index contributed by atoms with van der Waals surface area (Å²) in [7, 11) is 0. The van der Waals surface area contributed by atoms with Gasteiger partial charge >= 0.3 is 0 Å². The van der Waals surface area contributed by atoms with Gasteiger partial charge in [0.15, 0.2) is 5.78 Å². The summed E-state index contributed by atoms with van der Waals surface area (Å²) >= 11 is 0. The van der Waals surface area contributed by atoms with Crippen molar-refractivity contribution in [2.45, 2.75) is 44.9 Å². The summed E-state index contributed by atoms with van der Waals surface area (Å²) in [6, 6.07) is 12.6. The van der Waals surface area contributed by atoms with Crippen molar-refractivity contribution in [1.29, 1.82) is 0 Å². The highest BCUT2D eigenvalue weighted by Gasteiger charge is 2.24. The maximum absolute atomic E-state index is 13.5. The molecule has 204 valence electrons. The van der Waals surface area contributed by atoms with E-state index in [2.05, 4.69) is 39.6 Å². The Morgan fingerprint density at radius 2 is 1.80 bits per heavy atom.